The van der Waals surface area contributed by atoms with Crippen LogP contribution in [0, 0.1) is 5.41 Å². The number of carbonyl (C=O) groups is 1. The van der Waals surface area contributed by atoms with E-state index >= 15 is 0 Å². The lowest BCUT2D eigenvalue weighted by atomic mass is 9.99. The molecule has 4 heteroatoms. The van der Waals surface area contributed by atoms with Crippen molar-refractivity contribution in [2.75, 3.05) is 6.61 Å². The van der Waals surface area contributed by atoms with E-state index in [0.717, 1.165) is 0 Å². The molecule has 0 saturated carbocycles. The number of esters is 1. The summed E-state index contributed by atoms with van der Waals surface area (Å²) in [6.45, 7) is 8.18. The zero-order chi connectivity index (χ0) is 9.78. The maximum absolute atomic E-state index is 11.1. The van der Waals surface area contributed by atoms with Crippen LogP contribution >= 0.6 is 12.8 Å². The molecule has 1 atom stereocenters. The van der Waals surface area contributed by atoms with E-state index in [1.165, 1.54) is 0 Å². The lowest BCUT2D eigenvalue weighted by Gasteiger charge is -2.19. The van der Waals surface area contributed by atoms with E-state index in [4.69, 9.17) is 4.74 Å². The number of carbonyl (C=O) groups excluding carboxylic acids is 1. The third kappa shape index (κ3) is 5.43. The second-order valence-corrected chi connectivity index (χ2v) is 4.28. The molecule has 0 bridgehead atoms. The first kappa shape index (κ1) is 11.8. The highest BCUT2D eigenvalue weighted by molar-refractivity contribution is 7.78. The van der Waals surface area contributed by atoms with E-state index in [1.54, 1.807) is 6.92 Å². The molecule has 0 spiro atoms. The van der Waals surface area contributed by atoms with Gasteiger partial charge in [-0.15, -0.1) is 0 Å². The topological polar surface area (TPSA) is 38.3 Å². The monoisotopic (exact) mass is 191 g/mol. The highest BCUT2D eigenvalue weighted by Crippen LogP contribution is 2.13. The largest absolute Gasteiger partial charge is 0.464 e. The number of hydrogen-bond acceptors (Lipinski definition) is 4. The number of ether oxygens (including phenoxy) is 1. The average molecular weight is 191 g/mol. The highest BCUT2D eigenvalue weighted by atomic mass is 32.1. The Morgan fingerprint density at radius 2 is 2.08 bits per heavy atom. The van der Waals surface area contributed by atoms with Crippen LogP contribution < -0.4 is 4.72 Å². The van der Waals surface area contributed by atoms with Gasteiger partial charge in [-0.25, -0.2) is 0 Å². The summed E-state index contributed by atoms with van der Waals surface area (Å²) in [6.07, 6.45) is 0. The first-order valence-corrected chi connectivity index (χ1v) is 4.38. The first-order chi connectivity index (χ1) is 5.37. The minimum Gasteiger partial charge on any atom is -0.464 e. The Kier molecular flexibility index (Phi) is 4.63. The predicted octanol–water partition coefficient (Wildman–Crippen LogP) is 1.40. The van der Waals surface area contributed by atoms with Crippen LogP contribution in [0.2, 0.25) is 0 Å². The summed E-state index contributed by atoms with van der Waals surface area (Å²) in [6, 6.07) is -0.351. The molecule has 0 unspecified atom stereocenters. The maximum Gasteiger partial charge on any atom is 0.323 e. The zero-order valence-corrected chi connectivity index (χ0v) is 8.94. The van der Waals surface area contributed by atoms with Crippen LogP contribution in [0.5, 0.6) is 0 Å². The molecule has 0 aromatic carbocycles. The van der Waals surface area contributed by atoms with Crippen molar-refractivity contribution in [1.82, 2.24) is 4.72 Å². The molecule has 0 saturated heterocycles. The highest BCUT2D eigenvalue weighted by Gasteiger charge is 2.17. The Morgan fingerprint density at radius 1 is 1.58 bits per heavy atom. The van der Waals surface area contributed by atoms with Gasteiger partial charge in [-0.3, -0.25) is 9.52 Å². The maximum atomic E-state index is 11.1. The Balaban J connectivity index is 3.72. The number of thiol groups is 1. The fourth-order valence-corrected chi connectivity index (χ4v) is 0.571. The fraction of sp³-hybridized carbons (Fsp3) is 0.875. The van der Waals surface area contributed by atoms with Gasteiger partial charge in [0.2, 0.25) is 0 Å². The van der Waals surface area contributed by atoms with Gasteiger partial charge in [0.05, 0.1) is 6.61 Å². The van der Waals surface area contributed by atoms with Crippen LogP contribution in [0.15, 0.2) is 0 Å². The Bertz CT molecular complexity index is 154. The Morgan fingerprint density at radius 3 is 2.42 bits per heavy atom. The summed E-state index contributed by atoms with van der Waals surface area (Å²) in [7, 11) is 0. The van der Waals surface area contributed by atoms with Crippen molar-refractivity contribution in [2.24, 2.45) is 5.41 Å². The van der Waals surface area contributed by atoms with Crippen LogP contribution in [0.1, 0.15) is 27.7 Å². The molecule has 0 heterocycles. The van der Waals surface area contributed by atoms with Gasteiger partial charge < -0.3 is 4.74 Å². The zero-order valence-electron chi connectivity index (χ0n) is 8.05. The predicted molar refractivity (Wildman–Crippen MR) is 52.0 cm³/mol. The summed E-state index contributed by atoms with van der Waals surface area (Å²) < 4.78 is 7.53. The van der Waals surface area contributed by atoms with Crippen LogP contribution in [0.4, 0.5) is 0 Å². The summed E-state index contributed by atoms with van der Waals surface area (Å²) in [4.78, 5) is 11.1. The van der Waals surface area contributed by atoms with Crippen molar-refractivity contribution in [1.29, 1.82) is 0 Å². The van der Waals surface area contributed by atoms with E-state index < -0.39 is 0 Å². The van der Waals surface area contributed by atoms with Gasteiger partial charge in [0.25, 0.3) is 0 Å². The molecule has 0 fully saturated rings. The van der Waals surface area contributed by atoms with Gasteiger partial charge in [0.15, 0.2) is 0 Å². The van der Waals surface area contributed by atoms with Gasteiger partial charge in [-0.1, -0.05) is 33.6 Å². The van der Waals surface area contributed by atoms with Gasteiger partial charge in [-0.2, -0.15) is 0 Å². The Labute approximate surface area is 79.4 Å². The molecule has 1 N–H and O–H groups in total. The van der Waals surface area contributed by atoms with E-state index in [0.29, 0.717) is 6.61 Å². The first-order valence-electron chi connectivity index (χ1n) is 3.93. The smallest absolute Gasteiger partial charge is 0.323 e. The number of hydrogen-bond donors (Lipinski definition) is 2. The van der Waals surface area contributed by atoms with Crippen LogP contribution in [0.25, 0.3) is 0 Å². The van der Waals surface area contributed by atoms with E-state index in [1.807, 2.05) is 20.8 Å². The molecule has 0 aromatic rings. The SMILES string of the molecule is C[C@H](NS)C(=O)OCC(C)(C)C. The molecule has 0 aliphatic carbocycles. The second kappa shape index (κ2) is 4.72. The normalized spacial score (nSPS) is 14.1. The van der Waals surface area contributed by atoms with Gasteiger partial charge in [0.1, 0.15) is 6.04 Å². The Hall–Kier alpha value is -0.220. The summed E-state index contributed by atoms with van der Waals surface area (Å²) in [5.74, 6) is -0.264. The number of rotatable bonds is 3. The molecule has 0 aliphatic rings. The van der Waals surface area contributed by atoms with Crippen molar-refractivity contribution in [2.45, 2.75) is 33.7 Å². The lowest BCUT2D eigenvalue weighted by Crippen LogP contribution is -2.31. The molecule has 0 aliphatic heterocycles. The molecule has 0 rings (SSSR count). The van der Waals surface area contributed by atoms with Crippen molar-refractivity contribution < 1.29 is 9.53 Å². The van der Waals surface area contributed by atoms with E-state index in [-0.39, 0.29) is 17.4 Å². The summed E-state index contributed by atoms with van der Waals surface area (Å²) in [5, 5.41) is 0. The standard InChI is InChI=1S/C8H17NO2S/c1-6(9-12)7(10)11-5-8(2,3)4/h6,9,12H,5H2,1-4H3/t6-/m0/s1. The molecule has 12 heavy (non-hydrogen) atoms. The van der Waals surface area contributed by atoms with E-state index in [2.05, 4.69) is 17.5 Å². The third-order valence-corrected chi connectivity index (χ3v) is 1.58. The molecule has 0 radical (unpaired) electrons. The molecule has 3 nitrogen and oxygen atoms in total. The minimum absolute atomic E-state index is 0.0198. The molecular weight excluding hydrogens is 174 g/mol. The lowest BCUT2D eigenvalue weighted by molar-refractivity contribution is -0.147. The van der Waals surface area contributed by atoms with Gasteiger partial charge >= 0.3 is 5.97 Å². The molecule has 72 valence electrons. The molecule has 0 aromatic heterocycles. The quantitative estimate of drug-likeness (QED) is 0.523. The van der Waals surface area contributed by atoms with E-state index in [9.17, 15) is 4.79 Å². The average Bonchev–Trinajstić information content (AvgIpc) is 1.97. The fourth-order valence-electron chi connectivity index (χ4n) is 0.465. The third-order valence-electron chi connectivity index (χ3n) is 1.19. The number of nitrogens with one attached hydrogen (secondary N) is 1. The second-order valence-electron chi connectivity index (χ2n) is 4.02. The van der Waals surface area contributed by atoms with Gasteiger partial charge in [-0.05, 0) is 12.3 Å². The van der Waals surface area contributed by atoms with Crippen LogP contribution in [-0.4, -0.2) is 18.6 Å². The van der Waals surface area contributed by atoms with Crippen molar-refractivity contribution in [3.8, 4) is 0 Å². The molecular formula is C8H17NO2S. The van der Waals surface area contributed by atoms with Crippen LogP contribution in [-0.2, 0) is 9.53 Å². The molecule has 0 amide bonds. The van der Waals surface area contributed by atoms with Crippen LogP contribution in [0.3, 0.4) is 0 Å². The van der Waals surface area contributed by atoms with Gasteiger partial charge in [0, 0.05) is 0 Å². The minimum atomic E-state index is -0.351. The summed E-state index contributed by atoms with van der Waals surface area (Å²) >= 11 is 3.77. The van der Waals surface area contributed by atoms with Crippen molar-refractivity contribution in [3.05, 3.63) is 0 Å². The van der Waals surface area contributed by atoms with Crippen molar-refractivity contribution >= 4 is 18.8 Å². The van der Waals surface area contributed by atoms with Crippen molar-refractivity contribution in [3.63, 3.8) is 0 Å². The summed E-state index contributed by atoms with van der Waals surface area (Å²) in [5.41, 5.74) is 0.0198.